The maximum Gasteiger partial charge on any atom is 0.242 e. The molecule has 2 rings (SSSR count). The summed E-state index contributed by atoms with van der Waals surface area (Å²) in [7, 11) is 1.62. The van der Waals surface area contributed by atoms with E-state index < -0.39 is 6.04 Å². The Labute approximate surface area is 194 Å². The number of thioether (sulfide) groups is 1. The van der Waals surface area contributed by atoms with Crippen LogP contribution in [-0.2, 0) is 16.1 Å². The number of nitrogens with zero attached hydrogens (tertiary/aromatic N) is 1. The molecule has 168 valence electrons. The van der Waals surface area contributed by atoms with Crippen LogP contribution in [0, 0.1) is 0 Å². The van der Waals surface area contributed by atoms with Gasteiger partial charge in [0.1, 0.15) is 11.8 Å². The molecule has 7 heteroatoms. The SMILES string of the molecule is CCCCNC(=O)C(C)N(Cc1ccc(OC)cc1)C(=O)CCSc1ccc(Cl)cc1. The van der Waals surface area contributed by atoms with Gasteiger partial charge in [-0.25, -0.2) is 0 Å². The van der Waals surface area contributed by atoms with Crippen LogP contribution in [0.25, 0.3) is 0 Å². The molecule has 0 aromatic heterocycles. The van der Waals surface area contributed by atoms with Gasteiger partial charge in [-0.2, -0.15) is 0 Å². The van der Waals surface area contributed by atoms with E-state index in [1.807, 2.05) is 48.5 Å². The molecular formula is C24H31ClN2O3S. The van der Waals surface area contributed by atoms with E-state index in [9.17, 15) is 9.59 Å². The van der Waals surface area contributed by atoms with E-state index in [2.05, 4.69) is 12.2 Å². The first-order valence-corrected chi connectivity index (χ1v) is 11.9. The average Bonchev–Trinajstić information content (AvgIpc) is 2.78. The van der Waals surface area contributed by atoms with Gasteiger partial charge in [0, 0.05) is 35.2 Å². The van der Waals surface area contributed by atoms with Crippen molar-refractivity contribution in [2.75, 3.05) is 19.4 Å². The molecule has 0 spiro atoms. The summed E-state index contributed by atoms with van der Waals surface area (Å²) in [6.45, 7) is 4.86. The molecule has 1 atom stereocenters. The minimum atomic E-state index is -0.549. The summed E-state index contributed by atoms with van der Waals surface area (Å²) in [5, 5.41) is 3.63. The monoisotopic (exact) mass is 462 g/mol. The summed E-state index contributed by atoms with van der Waals surface area (Å²) < 4.78 is 5.21. The summed E-state index contributed by atoms with van der Waals surface area (Å²) in [5.74, 6) is 1.21. The molecule has 0 fully saturated rings. The van der Waals surface area contributed by atoms with E-state index in [1.165, 1.54) is 0 Å². The van der Waals surface area contributed by atoms with Gasteiger partial charge in [-0.3, -0.25) is 9.59 Å². The topological polar surface area (TPSA) is 58.6 Å². The first kappa shape index (κ1) is 25.1. The van der Waals surface area contributed by atoms with Crippen molar-refractivity contribution in [1.82, 2.24) is 10.2 Å². The third kappa shape index (κ3) is 8.46. The van der Waals surface area contributed by atoms with Crippen LogP contribution >= 0.6 is 23.4 Å². The lowest BCUT2D eigenvalue weighted by atomic mass is 10.1. The van der Waals surface area contributed by atoms with E-state index in [0.717, 1.165) is 29.1 Å². The van der Waals surface area contributed by atoms with Crippen LogP contribution in [0.1, 0.15) is 38.7 Å². The first-order valence-electron chi connectivity index (χ1n) is 10.5. The van der Waals surface area contributed by atoms with Crippen LogP contribution in [0.2, 0.25) is 5.02 Å². The molecule has 2 aromatic carbocycles. The number of nitrogens with one attached hydrogen (secondary N) is 1. The lowest BCUT2D eigenvalue weighted by Gasteiger charge is -2.29. The zero-order chi connectivity index (χ0) is 22.6. The van der Waals surface area contributed by atoms with E-state index >= 15 is 0 Å². The van der Waals surface area contributed by atoms with Crippen molar-refractivity contribution >= 4 is 35.2 Å². The fraction of sp³-hybridized carbons (Fsp3) is 0.417. The van der Waals surface area contributed by atoms with Gasteiger partial charge in [0.25, 0.3) is 0 Å². The molecule has 2 aromatic rings. The Morgan fingerprint density at radius 2 is 1.81 bits per heavy atom. The number of amides is 2. The predicted molar refractivity (Wildman–Crippen MR) is 128 cm³/mol. The summed E-state index contributed by atoms with van der Waals surface area (Å²) in [6.07, 6.45) is 2.27. The second-order valence-corrected chi connectivity index (χ2v) is 8.85. The normalized spacial score (nSPS) is 11.6. The van der Waals surface area contributed by atoms with Gasteiger partial charge in [-0.15, -0.1) is 11.8 Å². The highest BCUT2D eigenvalue weighted by Crippen LogP contribution is 2.22. The van der Waals surface area contributed by atoms with Gasteiger partial charge in [0.15, 0.2) is 0 Å². The zero-order valence-corrected chi connectivity index (χ0v) is 20.0. The smallest absolute Gasteiger partial charge is 0.242 e. The highest BCUT2D eigenvalue weighted by Gasteiger charge is 2.25. The Hall–Kier alpha value is -2.18. The van der Waals surface area contributed by atoms with Crippen molar-refractivity contribution in [2.45, 2.75) is 50.6 Å². The van der Waals surface area contributed by atoms with Crippen molar-refractivity contribution in [1.29, 1.82) is 0 Å². The number of ether oxygens (including phenoxy) is 1. The number of methoxy groups -OCH3 is 1. The molecule has 0 saturated carbocycles. The molecule has 0 bridgehead atoms. The highest BCUT2D eigenvalue weighted by molar-refractivity contribution is 7.99. The Balaban J connectivity index is 2.03. The van der Waals surface area contributed by atoms with Crippen LogP contribution in [0.3, 0.4) is 0 Å². The first-order chi connectivity index (χ1) is 14.9. The number of carbonyl (C=O) groups is 2. The number of rotatable bonds is 12. The number of unbranched alkanes of at least 4 members (excludes halogenated alkanes) is 1. The summed E-state index contributed by atoms with van der Waals surface area (Å²) in [4.78, 5) is 28.4. The molecule has 5 nitrogen and oxygen atoms in total. The van der Waals surface area contributed by atoms with Gasteiger partial charge in [-0.1, -0.05) is 37.1 Å². The maximum absolute atomic E-state index is 13.1. The zero-order valence-electron chi connectivity index (χ0n) is 18.4. The molecular weight excluding hydrogens is 432 g/mol. The number of hydrogen-bond acceptors (Lipinski definition) is 4. The fourth-order valence-electron chi connectivity index (χ4n) is 2.98. The van der Waals surface area contributed by atoms with E-state index in [4.69, 9.17) is 16.3 Å². The summed E-state index contributed by atoms with van der Waals surface area (Å²) in [5.41, 5.74) is 0.952. The quantitative estimate of drug-likeness (QED) is 0.349. The molecule has 0 aliphatic rings. The highest BCUT2D eigenvalue weighted by atomic mass is 35.5. The third-order valence-corrected chi connectivity index (χ3v) is 6.17. The Bertz CT molecular complexity index is 828. The molecule has 0 aliphatic heterocycles. The van der Waals surface area contributed by atoms with Gasteiger partial charge in [0.2, 0.25) is 11.8 Å². The van der Waals surface area contributed by atoms with Gasteiger partial charge >= 0.3 is 0 Å². The number of benzene rings is 2. The molecule has 0 saturated heterocycles. The van der Waals surface area contributed by atoms with Crippen molar-refractivity contribution in [3.8, 4) is 5.75 Å². The minimum absolute atomic E-state index is 0.0459. The van der Waals surface area contributed by atoms with Crippen molar-refractivity contribution in [3.63, 3.8) is 0 Å². The molecule has 1 N–H and O–H groups in total. The van der Waals surface area contributed by atoms with Gasteiger partial charge in [0.05, 0.1) is 7.11 Å². The molecule has 0 heterocycles. The predicted octanol–water partition coefficient (Wildman–Crippen LogP) is 5.16. The van der Waals surface area contributed by atoms with Gasteiger partial charge in [-0.05, 0) is 55.3 Å². The Morgan fingerprint density at radius 1 is 1.13 bits per heavy atom. The molecule has 1 unspecified atom stereocenters. The average molecular weight is 463 g/mol. The largest absolute Gasteiger partial charge is 0.497 e. The van der Waals surface area contributed by atoms with Crippen molar-refractivity contribution in [3.05, 3.63) is 59.1 Å². The lowest BCUT2D eigenvalue weighted by molar-refractivity contribution is -0.140. The van der Waals surface area contributed by atoms with Crippen LogP contribution in [0.15, 0.2) is 53.4 Å². The summed E-state index contributed by atoms with van der Waals surface area (Å²) in [6, 6.07) is 14.6. The molecule has 0 aliphatic carbocycles. The van der Waals surface area contributed by atoms with Crippen LogP contribution in [0.5, 0.6) is 5.75 Å². The van der Waals surface area contributed by atoms with Crippen LogP contribution < -0.4 is 10.1 Å². The second-order valence-electron chi connectivity index (χ2n) is 7.24. The standard InChI is InChI=1S/C24H31ClN2O3S/c1-4-5-15-26-24(29)18(2)27(17-19-6-10-21(30-3)11-7-19)23(28)14-16-31-22-12-8-20(25)9-13-22/h6-13,18H,4-5,14-17H2,1-3H3,(H,26,29). The third-order valence-electron chi connectivity index (χ3n) is 4.91. The Kier molecular flexibility index (Phi) is 10.7. The number of hydrogen-bond donors (Lipinski definition) is 1. The van der Waals surface area contributed by atoms with Crippen LogP contribution in [-0.4, -0.2) is 42.2 Å². The van der Waals surface area contributed by atoms with Crippen molar-refractivity contribution < 1.29 is 14.3 Å². The Morgan fingerprint density at radius 3 is 2.42 bits per heavy atom. The van der Waals surface area contributed by atoms with Crippen LogP contribution in [0.4, 0.5) is 0 Å². The molecule has 31 heavy (non-hydrogen) atoms. The van der Waals surface area contributed by atoms with Gasteiger partial charge < -0.3 is 15.0 Å². The van der Waals surface area contributed by atoms with E-state index in [1.54, 1.807) is 30.7 Å². The molecule has 2 amide bonds. The fourth-order valence-corrected chi connectivity index (χ4v) is 3.94. The van der Waals surface area contributed by atoms with Crippen molar-refractivity contribution in [2.24, 2.45) is 0 Å². The minimum Gasteiger partial charge on any atom is -0.497 e. The number of carbonyl (C=O) groups excluding carboxylic acids is 2. The molecule has 0 radical (unpaired) electrons. The number of halogens is 1. The van der Waals surface area contributed by atoms with E-state index in [-0.39, 0.29) is 11.8 Å². The van der Waals surface area contributed by atoms with E-state index in [0.29, 0.717) is 30.3 Å². The maximum atomic E-state index is 13.1. The summed E-state index contributed by atoms with van der Waals surface area (Å²) >= 11 is 7.53. The second kappa shape index (κ2) is 13.3. The lowest BCUT2D eigenvalue weighted by Crippen LogP contribution is -2.47.